The lowest BCUT2D eigenvalue weighted by molar-refractivity contribution is 0.563. The maximum Gasteiger partial charge on any atom is 0.345 e. The number of hydrogen-bond acceptors (Lipinski definition) is 7. The second-order valence-electron chi connectivity index (χ2n) is 6.02. The highest BCUT2D eigenvalue weighted by Gasteiger charge is 2.14. The smallest absolute Gasteiger partial charge is 0.345 e. The van der Waals surface area contributed by atoms with Crippen molar-refractivity contribution in [3.05, 3.63) is 81.0 Å². The summed E-state index contributed by atoms with van der Waals surface area (Å²) in [6.45, 7) is 1.95. The lowest BCUT2D eigenvalue weighted by atomic mass is 10.1. The zero-order valence-corrected chi connectivity index (χ0v) is 15.7. The van der Waals surface area contributed by atoms with E-state index in [2.05, 4.69) is 21.6 Å². The molecular formula is C21H14N4O2S. The zero-order chi connectivity index (χ0) is 19.5. The Morgan fingerprint density at radius 1 is 1.21 bits per heavy atom. The average Bonchev–Trinajstić information content (AvgIpc) is 3.19. The van der Waals surface area contributed by atoms with Gasteiger partial charge in [0.1, 0.15) is 11.7 Å². The van der Waals surface area contributed by atoms with E-state index in [4.69, 9.17) is 4.42 Å². The number of nitrogens with zero attached hydrogens (tertiary/aromatic N) is 3. The molecule has 0 spiro atoms. The first-order valence-corrected chi connectivity index (χ1v) is 9.32. The van der Waals surface area contributed by atoms with Crippen LogP contribution in [0.1, 0.15) is 10.6 Å². The number of rotatable bonds is 4. The molecular weight excluding hydrogens is 372 g/mol. The van der Waals surface area contributed by atoms with Gasteiger partial charge < -0.3 is 4.42 Å². The molecule has 136 valence electrons. The van der Waals surface area contributed by atoms with Crippen LogP contribution in [0.3, 0.4) is 0 Å². The van der Waals surface area contributed by atoms with E-state index in [0.717, 1.165) is 16.6 Å². The SMILES string of the molecule is Cc1ccccc1N/N=C(/C#N)c1nc(-c2cc3ccccc3oc2=O)cs1. The second kappa shape index (κ2) is 7.47. The molecule has 2 heterocycles. The van der Waals surface area contributed by atoms with Crippen molar-refractivity contribution in [1.29, 1.82) is 5.26 Å². The minimum atomic E-state index is -0.468. The number of fused-ring (bicyclic) bond motifs is 1. The Hall–Kier alpha value is -3.76. The first-order chi connectivity index (χ1) is 13.7. The van der Waals surface area contributed by atoms with Crippen molar-refractivity contribution in [3.63, 3.8) is 0 Å². The molecule has 1 N–H and O–H groups in total. The number of benzene rings is 2. The molecule has 0 fully saturated rings. The number of nitriles is 1. The second-order valence-corrected chi connectivity index (χ2v) is 6.88. The number of hydrogen-bond donors (Lipinski definition) is 1. The monoisotopic (exact) mass is 386 g/mol. The van der Waals surface area contributed by atoms with E-state index >= 15 is 0 Å². The largest absolute Gasteiger partial charge is 0.422 e. The molecule has 28 heavy (non-hydrogen) atoms. The van der Waals surface area contributed by atoms with Gasteiger partial charge >= 0.3 is 5.63 Å². The van der Waals surface area contributed by atoms with Crippen LogP contribution < -0.4 is 11.1 Å². The number of thiazole rings is 1. The number of anilines is 1. The molecule has 2 aromatic carbocycles. The summed E-state index contributed by atoms with van der Waals surface area (Å²) in [5.41, 5.74) is 5.72. The molecule has 7 heteroatoms. The third-order valence-corrected chi connectivity index (χ3v) is 5.01. The predicted octanol–water partition coefficient (Wildman–Crippen LogP) is 4.56. The van der Waals surface area contributed by atoms with Crippen molar-refractivity contribution >= 4 is 33.7 Å². The fraction of sp³-hybridized carbons (Fsp3) is 0.0476. The first kappa shape index (κ1) is 17.6. The molecule has 0 saturated carbocycles. The van der Waals surface area contributed by atoms with Gasteiger partial charge in [-0.1, -0.05) is 36.4 Å². The highest BCUT2D eigenvalue weighted by molar-refractivity contribution is 7.12. The third-order valence-electron chi connectivity index (χ3n) is 4.16. The van der Waals surface area contributed by atoms with Crippen LogP contribution in [-0.2, 0) is 0 Å². The highest BCUT2D eigenvalue weighted by atomic mass is 32.1. The fourth-order valence-electron chi connectivity index (χ4n) is 2.68. The normalized spacial score (nSPS) is 11.4. The number of para-hydroxylation sites is 2. The number of nitrogens with one attached hydrogen (secondary N) is 1. The summed E-state index contributed by atoms with van der Waals surface area (Å²) in [6, 6.07) is 18.7. The molecule has 0 amide bonds. The van der Waals surface area contributed by atoms with E-state index in [1.807, 2.05) is 49.4 Å². The van der Waals surface area contributed by atoms with Crippen LogP contribution in [0.4, 0.5) is 5.69 Å². The van der Waals surface area contributed by atoms with Crippen LogP contribution in [0.2, 0.25) is 0 Å². The summed E-state index contributed by atoms with van der Waals surface area (Å²) in [7, 11) is 0. The summed E-state index contributed by atoms with van der Waals surface area (Å²) in [5.74, 6) is 0. The standard InChI is InChI=1S/C21H14N4O2S/c1-13-6-2-4-8-16(13)24-25-17(11-22)20-23-18(12-28-20)15-10-14-7-3-5-9-19(14)27-21(15)26/h2-10,12,24H,1H3/b25-17-. The van der Waals surface area contributed by atoms with Gasteiger partial charge in [0.15, 0.2) is 10.7 Å². The fourth-order valence-corrected chi connectivity index (χ4v) is 3.44. The van der Waals surface area contributed by atoms with E-state index < -0.39 is 5.63 Å². The highest BCUT2D eigenvalue weighted by Crippen LogP contribution is 2.23. The van der Waals surface area contributed by atoms with E-state index in [9.17, 15) is 10.1 Å². The molecule has 4 rings (SSSR count). The van der Waals surface area contributed by atoms with E-state index in [-0.39, 0.29) is 5.71 Å². The summed E-state index contributed by atoms with van der Waals surface area (Å²) >= 11 is 1.25. The Balaban J connectivity index is 1.68. The van der Waals surface area contributed by atoms with Crippen LogP contribution in [0.25, 0.3) is 22.2 Å². The molecule has 0 aliphatic rings. The van der Waals surface area contributed by atoms with Crippen LogP contribution in [0.5, 0.6) is 0 Å². The van der Waals surface area contributed by atoms with Gasteiger partial charge in [-0.3, -0.25) is 5.43 Å². The summed E-state index contributed by atoms with van der Waals surface area (Å²) < 4.78 is 5.36. The topological polar surface area (TPSA) is 91.3 Å². The Bertz CT molecular complexity index is 1300. The molecule has 0 aliphatic carbocycles. The van der Waals surface area contributed by atoms with Gasteiger partial charge in [-0.2, -0.15) is 10.4 Å². The predicted molar refractivity (Wildman–Crippen MR) is 111 cm³/mol. The van der Waals surface area contributed by atoms with Gasteiger partial charge in [-0.15, -0.1) is 11.3 Å². The molecule has 4 aromatic rings. The van der Waals surface area contributed by atoms with Crippen molar-refractivity contribution in [3.8, 4) is 17.3 Å². The molecule has 6 nitrogen and oxygen atoms in total. The molecule has 0 radical (unpaired) electrons. The van der Waals surface area contributed by atoms with Crippen molar-refractivity contribution < 1.29 is 4.42 Å². The van der Waals surface area contributed by atoms with Crippen molar-refractivity contribution in [2.24, 2.45) is 5.10 Å². The molecule has 0 atom stereocenters. The minimum Gasteiger partial charge on any atom is -0.422 e. The van der Waals surface area contributed by atoms with E-state index in [1.165, 1.54) is 11.3 Å². The summed E-state index contributed by atoms with van der Waals surface area (Å²) in [6.07, 6.45) is 0. The summed E-state index contributed by atoms with van der Waals surface area (Å²) in [5, 5.41) is 16.6. The molecule has 0 aliphatic heterocycles. The number of aromatic nitrogens is 1. The van der Waals surface area contributed by atoms with Crippen molar-refractivity contribution in [2.45, 2.75) is 6.92 Å². The van der Waals surface area contributed by atoms with Gasteiger partial charge in [0.05, 0.1) is 16.9 Å². The summed E-state index contributed by atoms with van der Waals surface area (Å²) in [4.78, 5) is 16.7. The van der Waals surface area contributed by atoms with Crippen LogP contribution in [0, 0.1) is 18.3 Å². The lowest BCUT2D eigenvalue weighted by Crippen LogP contribution is -2.05. The third kappa shape index (κ3) is 3.41. The van der Waals surface area contributed by atoms with Gasteiger partial charge in [0.2, 0.25) is 0 Å². The Kier molecular flexibility index (Phi) is 4.70. The average molecular weight is 386 g/mol. The van der Waals surface area contributed by atoms with Gasteiger partial charge in [0.25, 0.3) is 0 Å². The zero-order valence-electron chi connectivity index (χ0n) is 14.8. The van der Waals surface area contributed by atoms with Crippen molar-refractivity contribution in [1.82, 2.24) is 4.98 Å². The van der Waals surface area contributed by atoms with E-state index in [0.29, 0.717) is 21.8 Å². The Morgan fingerprint density at radius 2 is 2.00 bits per heavy atom. The van der Waals surface area contributed by atoms with Crippen LogP contribution in [-0.4, -0.2) is 10.7 Å². The molecule has 0 saturated heterocycles. The minimum absolute atomic E-state index is 0.143. The number of aryl methyl sites for hydroxylation is 1. The lowest BCUT2D eigenvalue weighted by Gasteiger charge is -2.03. The molecule has 0 unspecified atom stereocenters. The van der Waals surface area contributed by atoms with Gasteiger partial charge in [0, 0.05) is 10.8 Å². The molecule has 0 bridgehead atoms. The number of hydrazone groups is 1. The quantitative estimate of drug-likeness (QED) is 0.315. The van der Waals surface area contributed by atoms with Crippen LogP contribution >= 0.6 is 11.3 Å². The van der Waals surface area contributed by atoms with Gasteiger partial charge in [-0.05, 0) is 30.7 Å². The first-order valence-electron chi connectivity index (χ1n) is 8.44. The van der Waals surface area contributed by atoms with Crippen molar-refractivity contribution in [2.75, 3.05) is 5.43 Å². The molecule has 2 aromatic heterocycles. The Labute approximate surface area is 164 Å². The Morgan fingerprint density at radius 3 is 2.82 bits per heavy atom. The van der Waals surface area contributed by atoms with E-state index in [1.54, 1.807) is 17.5 Å². The maximum atomic E-state index is 12.3. The maximum absolute atomic E-state index is 12.3. The van der Waals surface area contributed by atoms with Crippen LogP contribution in [0.15, 0.2) is 74.3 Å². The van der Waals surface area contributed by atoms with Gasteiger partial charge in [-0.25, -0.2) is 9.78 Å².